The molecule has 1 saturated carbocycles. The van der Waals surface area contributed by atoms with Gasteiger partial charge in [0.15, 0.2) is 0 Å². The van der Waals surface area contributed by atoms with Gasteiger partial charge in [0.25, 0.3) is 0 Å². The average molecular weight is 378 g/mol. The van der Waals surface area contributed by atoms with Crippen LogP contribution in [0, 0.1) is 5.92 Å². The van der Waals surface area contributed by atoms with Crippen molar-refractivity contribution in [3.05, 3.63) is 48.0 Å². The van der Waals surface area contributed by atoms with Crippen LogP contribution in [0.5, 0.6) is 0 Å². The molecule has 0 heterocycles. The number of benzene rings is 1. The van der Waals surface area contributed by atoms with E-state index in [9.17, 15) is 14.4 Å². The van der Waals surface area contributed by atoms with E-state index in [4.69, 9.17) is 21.1 Å². The molecule has 2 rings (SSSR count). The van der Waals surface area contributed by atoms with Crippen molar-refractivity contribution in [1.29, 1.82) is 0 Å². The lowest BCUT2D eigenvalue weighted by molar-refractivity contribution is -0.135. The van der Waals surface area contributed by atoms with E-state index in [-0.39, 0.29) is 18.4 Å². The Labute approximate surface area is 157 Å². The summed E-state index contributed by atoms with van der Waals surface area (Å²) < 4.78 is 0. The molecule has 0 bridgehead atoms. The number of aliphatic hydroxyl groups excluding tert-OH is 1. The van der Waals surface area contributed by atoms with Gasteiger partial charge in [-0.25, -0.2) is 9.59 Å². The normalized spacial score (nSPS) is 20.5. The lowest BCUT2D eigenvalue weighted by Crippen LogP contribution is -2.42. The minimum atomic E-state index is -1.26. The van der Waals surface area contributed by atoms with Gasteiger partial charge in [0.2, 0.25) is 5.91 Å². The summed E-state index contributed by atoms with van der Waals surface area (Å²) in [5.74, 6) is -2.19. The summed E-state index contributed by atoms with van der Waals surface area (Å²) >= 11 is 0. The Bertz CT molecular complexity index is 660. The summed E-state index contributed by atoms with van der Waals surface area (Å²) in [6.07, 6.45) is 1.93. The number of nitrogens with zero attached hydrogens (tertiary/aromatic N) is 1. The number of carboxylic acid groups (broad SMARTS) is 2. The minimum Gasteiger partial charge on any atom is -0.478 e. The molecule has 1 aliphatic carbocycles. The van der Waals surface area contributed by atoms with Gasteiger partial charge in [-0.15, -0.1) is 0 Å². The number of aliphatic carboxylic acids is 2. The number of aliphatic hydroxyl groups is 1. The summed E-state index contributed by atoms with van der Waals surface area (Å²) in [5.41, 5.74) is 6.37. The van der Waals surface area contributed by atoms with Crippen molar-refractivity contribution in [2.75, 3.05) is 26.2 Å². The van der Waals surface area contributed by atoms with E-state index in [0.29, 0.717) is 31.8 Å². The van der Waals surface area contributed by atoms with Gasteiger partial charge >= 0.3 is 11.9 Å². The van der Waals surface area contributed by atoms with Crippen molar-refractivity contribution in [3.63, 3.8) is 0 Å². The summed E-state index contributed by atoms with van der Waals surface area (Å²) in [6, 6.07) is 9.87. The summed E-state index contributed by atoms with van der Waals surface area (Å²) in [5, 5.41) is 24.7. The molecule has 0 spiro atoms. The van der Waals surface area contributed by atoms with E-state index in [1.807, 2.05) is 37.3 Å². The first-order valence-corrected chi connectivity index (χ1v) is 8.63. The molecule has 0 aromatic heterocycles. The summed E-state index contributed by atoms with van der Waals surface area (Å²) in [4.78, 5) is 33.6. The molecule has 27 heavy (non-hydrogen) atoms. The zero-order valence-corrected chi connectivity index (χ0v) is 15.2. The number of hydrogen-bond acceptors (Lipinski definition) is 5. The molecule has 1 fully saturated rings. The van der Waals surface area contributed by atoms with Crippen molar-refractivity contribution in [3.8, 4) is 0 Å². The van der Waals surface area contributed by atoms with Crippen LogP contribution in [0.3, 0.4) is 0 Å². The molecule has 1 unspecified atom stereocenters. The highest BCUT2D eigenvalue weighted by Crippen LogP contribution is 2.54. The molecule has 8 heteroatoms. The maximum Gasteiger partial charge on any atom is 0.328 e. The van der Waals surface area contributed by atoms with Gasteiger partial charge in [-0.3, -0.25) is 4.79 Å². The third kappa shape index (κ3) is 5.90. The molecule has 0 aliphatic heterocycles. The lowest BCUT2D eigenvalue weighted by Gasteiger charge is -2.27. The number of carbonyl (C=O) groups excluding carboxylic acids is 1. The monoisotopic (exact) mass is 378 g/mol. The second-order valence-corrected chi connectivity index (χ2v) is 6.09. The van der Waals surface area contributed by atoms with Crippen LogP contribution in [0.2, 0.25) is 0 Å². The summed E-state index contributed by atoms with van der Waals surface area (Å²) in [7, 11) is 0. The predicted molar refractivity (Wildman–Crippen MR) is 99.0 cm³/mol. The van der Waals surface area contributed by atoms with E-state index in [1.165, 1.54) is 0 Å². The topological polar surface area (TPSA) is 141 Å². The van der Waals surface area contributed by atoms with E-state index < -0.39 is 17.4 Å². The zero-order valence-electron chi connectivity index (χ0n) is 15.2. The fraction of sp³-hybridized carbons (Fsp3) is 0.421. The first-order valence-electron chi connectivity index (χ1n) is 8.63. The van der Waals surface area contributed by atoms with Gasteiger partial charge in [-0.2, -0.15) is 0 Å². The number of carbonyl (C=O) groups is 3. The standard InChI is InChI=1S/C15H22N2O2.C4H4O4/c1-2-17(8-9-18)14(19)15(10-13(15)11-16)12-6-4-3-5-7-12;5-3(6)1-2-4(7)8/h3-7,13,18H,2,8-11,16H2,1H3;1-2H,(H,5,6)(H,7,8)/b;2-1+/t13?,15-;/m1./s1. The molecule has 148 valence electrons. The highest BCUT2D eigenvalue weighted by molar-refractivity contribution is 5.92. The quantitative estimate of drug-likeness (QED) is 0.481. The Hall–Kier alpha value is -2.71. The van der Waals surface area contributed by atoms with Crippen molar-refractivity contribution in [1.82, 2.24) is 4.90 Å². The maximum atomic E-state index is 12.8. The van der Waals surface area contributed by atoms with Crippen LogP contribution in [-0.4, -0.2) is 64.3 Å². The number of rotatable bonds is 8. The molecule has 0 saturated heterocycles. The maximum absolute atomic E-state index is 12.8. The van der Waals surface area contributed by atoms with Crippen molar-refractivity contribution < 1.29 is 29.7 Å². The van der Waals surface area contributed by atoms with Crippen LogP contribution >= 0.6 is 0 Å². The number of amides is 1. The van der Waals surface area contributed by atoms with Gasteiger partial charge in [-0.05, 0) is 31.4 Å². The number of carboxylic acids is 2. The Morgan fingerprint density at radius 1 is 1.19 bits per heavy atom. The van der Waals surface area contributed by atoms with Gasteiger partial charge < -0.3 is 26.0 Å². The van der Waals surface area contributed by atoms with Gasteiger partial charge in [0.1, 0.15) is 0 Å². The van der Waals surface area contributed by atoms with Crippen LogP contribution in [0.15, 0.2) is 42.5 Å². The molecule has 0 radical (unpaired) electrons. The third-order valence-corrected chi connectivity index (χ3v) is 4.47. The van der Waals surface area contributed by atoms with Crippen LogP contribution in [-0.2, 0) is 19.8 Å². The molecule has 1 aromatic rings. The Balaban J connectivity index is 0.000000387. The van der Waals surface area contributed by atoms with E-state index in [2.05, 4.69) is 0 Å². The SMILES string of the molecule is CCN(CCO)C(=O)[C@@]1(c2ccccc2)CC1CN.O=C(O)/C=C/C(=O)O. The summed E-state index contributed by atoms with van der Waals surface area (Å²) in [6.45, 7) is 3.47. The molecule has 1 aliphatic rings. The fourth-order valence-corrected chi connectivity index (χ4v) is 3.04. The predicted octanol–water partition coefficient (Wildman–Crippen LogP) is 0.456. The highest BCUT2D eigenvalue weighted by atomic mass is 16.4. The third-order valence-electron chi connectivity index (χ3n) is 4.47. The zero-order chi connectivity index (χ0) is 20.4. The number of nitrogens with two attached hydrogens (primary N) is 1. The second-order valence-electron chi connectivity index (χ2n) is 6.09. The van der Waals surface area contributed by atoms with Crippen LogP contribution < -0.4 is 5.73 Å². The van der Waals surface area contributed by atoms with Gasteiger partial charge in [-0.1, -0.05) is 30.3 Å². The Kier molecular flexibility index (Phi) is 8.64. The fourth-order valence-electron chi connectivity index (χ4n) is 3.04. The average Bonchev–Trinajstić information content (AvgIpc) is 3.41. The van der Waals surface area contributed by atoms with Crippen LogP contribution in [0.4, 0.5) is 0 Å². The van der Waals surface area contributed by atoms with Crippen molar-refractivity contribution in [2.45, 2.75) is 18.8 Å². The van der Waals surface area contributed by atoms with Gasteiger partial charge in [0.05, 0.1) is 12.0 Å². The van der Waals surface area contributed by atoms with E-state index >= 15 is 0 Å². The molecule has 2 atom stereocenters. The van der Waals surface area contributed by atoms with E-state index in [1.54, 1.807) is 4.90 Å². The number of hydrogen-bond donors (Lipinski definition) is 4. The molecular formula is C19H26N2O6. The Morgan fingerprint density at radius 2 is 1.74 bits per heavy atom. The molecule has 1 amide bonds. The Morgan fingerprint density at radius 3 is 2.11 bits per heavy atom. The molecule has 5 N–H and O–H groups in total. The molecule has 1 aromatic carbocycles. The number of likely N-dealkylation sites (N-methyl/N-ethyl adjacent to an activating group) is 1. The van der Waals surface area contributed by atoms with Crippen molar-refractivity contribution >= 4 is 17.8 Å². The lowest BCUT2D eigenvalue weighted by atomic mass is 9.91. The smallest absolute Gasteiger partial charge is 0.328 e. The van der Waals surface area contributed by atoms with Crippen LogP contribution in [0.1, 0.15) is 18.9 Å². The first kappa shape index (κ1) is 22.3. The van der Waals surface area contributed by atoms with E-state index in [0.717, 1.165) is 12.0 Å². The first-order chi connectivity index (χ1) is 12.8. The second kappa shape index (κ2) is 10.4. The highest BCUT2D eigenvalue weighted by Gasteiger charge is 2.61. The van der Waals surface area contributed by atoms with Gasteiger partial charge in [0, 0.05) is 25.2 Å². The largest absolute Gasteiger partial charge is 0.478 e. The van der Waals surface area contributed by atoms with Crippen LogP contribution in [0.25, 0.3) is 0 Å². The molecule has 8 nitrogen and oxygen atoms in total. The minimum absolute atomic E-state index is 0.00224. The van der Waals surface area contributed by atoms with Crippen molar-refractivity contribution in [2.24, 2.45) is 11.7 Å². The molecular weight excluding hydrogens is 352 g/mol.